The number of hydrogen-bond acceptors (Lipinski definition) is 4. The molecule has 0 aliphatic heterocycles. The average Bonchev–Trinajstić information content (AvgIpc) is 2.41. The van der Waals surface area contributed by atoms with E-state index in [1.807, 2.05) is 25.7 Å². The van der Waals surface area contributed by atoms with Crippen molar-refractivity contribution in [3.05, 3.63) is 0 Å². The molecule has 6 heteroatoms. The van der Waals surface area contributed by atoms with Gasteiger partial charge in [0.25, 0.3) is 0 Å². The quantitative estimate of drug-likeness (QED) is 0.544. The molecule has 1 amide bonds. The first-order valence-corrected chi connectivity index (χ1v) is 7.34. The van der Waals surface area contributed by atoms with E-state index in [-0.39, 0.29) is 18.9 Å². The molecule has 0 saturated carbocycles. The summed E-state index contributed by atoms with van der Waals surface area (Å²) in [5, 5.41) is 8.76. The largest absolute Gasteiger partial charge is 0.481 e. The maximum absolute atomic E-state index is 12.1. The molecule has 118 valence electrons. The summed E-state index contributed by atoms with van der Waals surface area (Å²) >= 11 is 0. The van der Waals surface area contributed by atoms with Crippen LogP contribution in [0, 0.1) is 0 Å². The Hall–Kier alpha value is -1.14. The van der Waals surface area contributed by atoms with Crippen molar-refractivity contribution in [2.75, 3.05) is 45.9 Å². The second-order valence-electron chi connectivity index (χ2n) is 4.54. The summed E-state index contributed by atoms with van der Waals surface area (Å²) in [6, 6.07) is 0. The predicted molar refractivity (Wildman–Crippen MR) is 77.7 cm³/mol. The van der Waals surface area contributed by atoms with Crippen molar-refractivity contribution in [1.82, 2.24) is 9.80 Å². The fourth-order valence-corrected chi connectivity index (χ4v) is 1.93. The lowest BCUT2D eigenvalue weighted by Crippen LogP contribution is -2.41. The number of carboxylic acids is 1. The van der Waals surface area contributed by atoms with E-state index in [9.17, 15) is 9.59 Å². The summed E-state index contributed by atoms with van der Waals surface area (Å²) in [5.41, 5.74) is 0. The van der Waals surface area contributed by atoms with Crippen LogP contribution >= 0.6 is 0 Å². The zero-order chi connectivity index (χ0) is 15.4. The van der Waals surface area contributed by atoms with Gasteiger partial charge in [0.15, 0.2) is 0 Å². The standard InChI is InChI=1S/C14H28N2O4/c1-4-16(5-2)13(17)12-15(10-8-14(18)19)9-7-11-20-6-3/h4-12H2,1-3H3,(H,18,19). The van der Waals surface area contributed by atoms with Crippen LogP contribution in [0.15, 0.2) is 0 Å². The topological polar surface area (TPSA) is 70.1 Å². The minimum absolute atomic E-state index is 0.0526. The molecule has 0 radical (unpaired) electrons. The molecular formula is C14H28N2O4. The number of ether oxygens (including phenoxy) is 1. The Kier molecular flexibility index (Phi) is 11.0. The highest BCUT2D eigenvalue weighted by Crippen LogP contribution is 1.99. The third kappa shape index (κ3) is 8.87. The Labute approximate surface area is 121 Å². The third-order valence-electron chi connectivity index (χ3n) is 3.08. The van der Waals surface area contributed by atoms with Crippen molar-refractivity contribution < 1.29 is 19.4 Å². The van der Waals surface area contributed by atoms with E-state index in [0.717, 1.165) is 6.42 Å². The van der Waals surface area contributed by atoms with Crippen molar-refractivity contribution in [3.8, 4) is 0 Å². The molecule has 0 aromatic heterocycles. The summed E-state index contributed by atoms with van der Waals surface area (Å²) in [5.74, 6) is -0.785. The van der Waals surface area contributed by atoms with Gasteiger partial charge >= 0.3 is 5.97 Å². The lowest BCUT2D eigenvalue weighted by atomic mass is 10.3. The number of carbonyl (C=O) groups is 2. The van der Waals surface area contributed by atoms with Crippen molar-refractivity contribution in [3.63, 3.8) is 0 Å². The minimum atomic E-state index is -0.838. The summed E-state index contributed by atoms with van der Waals surface area (Å²) in [4.78, 5) is 26.4. The molecule has 0 unspecified atom stereocenters. The summed E-state index contributed by atoms with van der Waals surface area (Å²) in [6.45, 7) is 9.85. The second-order valence-corrected chi connectivity index (χ2v) is 4.54. The molecule has 0 heterocycles. The first-order chi connectivity index (χ1) is 9.54. The number of hydrogen-bond donors (Lipinski definition) is 1. The Morgan fingerprint density at radius 1 is 1.10 bits per heavy atom. The van der Waals surface area contributed by atoms with Crippen LogP contribution in [-0.4, -0.2) is 72.7 Å². The molecule has 0 fully saturated rings. The van der Waals surface area contributed by atoms with E-state index in [1.54, 1.807) is 4.90 Å². The molecule has 0 aliphatic carbocycles. The minimum Gasteiger partial charge on any atom is -0.481 e. The van der Waals surface area contributed by atoms with Gasteiger partial charge in [-0.25, -0.2) is 0 Å². The van der Waals surface area contributed by atoms with Gasteiger partial charge < -0.3 is 14.7 Å². The lowest BCUT2D eigenvalue weighted by molar-refractivity contribution is -0.138. The maximum Gasteiger partial charge on any atom is 0.304 e. The third-order valence-corrected chi connectivity index (χ3v) is 3.08. The van der Waals surface area contributed by atoms with Gasteiger partial charge in [-0.05, 0) is 27.2 Å². The highest BCUT2D eigenvalue weighted by molar-refractivity contribution is 5.78. The molecular weight excluding hydrogens is 260 g/mol. The number of likely N-dealkylation sites (N-methyl/N-ethyl adjacent to an activating group) is 1. The molecule has 0 aliphatic rings. The smallest absolute Gasteiger partial charge is 0.304 e. The number of aliphatic carboxylic acids is 1. The summed E-state index contributed by atoms with van der Waals surface area (Å²) < 4.78 is 5.27. The van der Waals surface area contributed by atoms with Crippen LogP contribution in [0.2, 0.25) is 0 Å². The zero-order valence-electron chi connectivity index (χ0n) is 12.9. The number of nitrogens with zero attached hydrogens (tertiary/aromatic N) is 2. The fraction of sp³-hybridized carbons (Fsp3) is 0.857. The number of carboxylic acid groups (broad SMARTS) is 1. The normalized spacial score (nSPS) is 10.8. The van der Waals surface area contributed by atoms with Crippen LogP contribution in [0.3, 0.4) is 0 Å². The molecule has 20 heavy (non-hydrogen) atoms. The van der Waals surface area contributed by atoms with E-state index in [0.29, 0.717) is 39.4 Å². The highest BCUT2D eigenvalue weighted by Gasteiger charge is 2.15. The predicted octanol–water partition coefficient (Wildman–Crippen LogP) is 1.06. The first-order valence-electron chi connectivity index (χ1n) is 7.34. The molecule has 0 aromatic rings. The number of carbonyl (C=O) groups excluding carboxylic acids is 1. The van der Waals surface area contributed by atoms with Crippen LogP contribution in [0.5, 0.6) is 0 Å². The molecule has 0 atom stereocenters. The SMILES string of the molecule is CCOCCCN(CCC(=O)O)CC(=O)N(CC)CC. The molecule has 1 N–H and O–H groups in total. The lowest BCUT2D eigenvalue weighted by Gasteiger charge is -2.25. The molecule has 0 aromatic carbocycles. The molecule has 6 nitrogen and oxygen atoms in total. The van der Waals surface area contributed by atoms with Crippen LogP contribution in [0.25, 0.3) is 0 Å². The van der Waals surface area contributed by atoms with E-state index < -0.39 is 5.97 Å². The maximum atomic E-state index is 12.1. The van der Waals surface area contributed by atoms with Crippen molar-refractivity contribution in [1.29, 1.82) is 0 Å². The van der Waals surface area contributed by atoms with Crippen molar-refractivity contribution in [2.45, 2.75) is 33.6 Å². The van der Waals surface area contributed by atoms with Gasteiger partial charge in [0.05, 0.1) is 13.0 Å². The van der Waals surface area contributed by atoms with Crippen LogP contribution in [-0.2, 0) is 14.3 Å². The Morgan fingerprint density at radius 2 is 1.75 bits per heavy atom. The van der Waals surface area contributed by atoms with Crippen LogP contribution in [0.4, 0.5) is 0 Å². The fourth-order valence-electron chi connectivity index (χ4n) is 1.93. The van der Waals surface area contributed by atoms with Gasteiger partial charge in [-0.15, -0.1) is 0 Å². The van der Waals surface area contributed by atoms with Crippen molar-refractivity contribution in [2.24, 2.45) is 0 Å². The molecule has 0 bridgehead atoms. The van der Waals surface area contributed by atoms with E-state index in [4.69, 9.17) is 9.84 Å². The Bertz CT molecular complexity index is 280. The van der Waals surface area contributed by atoms with Gasteiger partial charge in [0.1, 0.15) is 0 Å². The monoisotopic (exact) mass is 288 g/mol. The van der Waals surface area contributed by atoms with Crippen molar-refractivity contribution >= 4 is 11.9 Å². The first kappa shape index (κ1) is 18.9. The van der Waals surface area contributed by atoms with Gasteiger partial charge in [0, 0.05) is 39.4 Å². The van der Waals surface area contributed by atoms with Gasteiger partial charge in [-0.3, -0.25) is 14.5 Å². The van der Waals surface area contributed by atoms with Gasteiger partial charge in [-0.2, -0.15) is 0 Å². The van der Waals surface area contributed by atoms with Crippen LogP contribution in [0.1, 0.15) is 33.6 Å². The number of rotatable bonds is 12. The number of amides is 1. The van der Waals surface area contributed by atoms with E-state index in [2.05, 4.69) is 0 Å². The van der Waals surface area contributed by atoms with Crippen LogP contribution < -0.4 is 0 Å². The Morgan fingerprint density at radius 3 is 2.25 bits per heavy atom. The average molecular weight is 288 g/mol. The highest BCUT2D eigenvalue weighted by atomic mass is 16.5. The molecule has 0 rings (SSSR count). The Balaban J connectivity index is 4.27. The molecule has 0 spiro atoms. The molecule has 0 saturated heterocycles. The zero-order valence-corrected chi connectivity index (χ0v) is 12.9. The van der Waals surface area contributed by atoms with Gasteiger partial charge in [-0.1, -0.05) is 0 Å². The van der Waals surface area contributed by atoms with E-state index in [1.165, 1.54) is 0 Å². The second kappa shape index (κ2) is 11.7. The van der Waals surface area contributed by atoms with Gasteiger partial charge in [0.2, 0.25) is 5.91 Å². The van der Waals surface area contributed by atoms with E-state index >= 15 is 0 Å². The summed E-state index contributed by atoms with van der Waals surface area (Å²) in [7, 11) is 0. The summed E-state index contributed by atoms with van der Waals surface area (Å²) in [6.07, 6.45) is 0.860.